The Hall–Kier alpha value is -2.62. The Labute approximate surface area is 110 Å². The molecule has 96 valence electrons. The highest BCUT2D eigenvalue weighted by molar-refractivity contribution is 5.85. The molecule has 0 spiro atoms. The van der Waals surface area contributed by atoms with E-state index >= 15 is 0 Å². The van der Waals surface area contributed by atoms with E-state index in [0.717, 1.165) is 17.2 Å². The van der Waals surface area contributed by atoms with Gasteiger partial charge in [0, 0.05) is 37.1 Å². The van der Waals surface area contributed by atoms with Crippen LogP contribution in [0.25, 0.3) is 6.08 Å². The summed E-state index contributed by atoms with van der Waals surface area (Å²) in [6.45, 7) is 0.584. The molecule has 1 N–H and O–H groups in total. The van der Waals surface area contributed by atoms with E-state index in [2.05, 4.69) is 0 Å². The lowest BCUT2D eigenvalue weighted by atomic mass is 10.1. The number of nitrogens with zero attached hydrogens (tertiary/aromatic N) is 1. The number of carboxylic acids is 1. The molecule has 2 rings (SSSR count). The SMILES string of the molecule is O=C(O)C=Cc1ccccc1Cn1ccc(=O)cc1. The van der Waals surface area contributed by atoms with Gasteiger partial charge in [-0.2, -0.15) is 0 Å². The van der Waals surface area contributed by atoms with E-state index < -0.39 is 5.97 Å². The summed E-state index contributed by atoms with van der Waals surface area (Å²) in [6, 6.07) is 10.5. The number of aliphatic carboxylic acids is 1. The summed E-state index contributed by atoms with van der Waals surface area (Å²) in [5.41, 5.74) is 1.81. The molecule has 0 saturated heterocycles. The van der Waals surface area contributed by atoms with Gasteiger partial charge in [-0.3, -0.25) is 4.79 Å². The van der Waals surface area contributed by atoms with Gasteiger partial charge in [0.2, 0.25) is 0 Å². The fourth-order valence-corrected chi connectivity index (χ4v) is 1.75. The monoisotopic (exact) mass is 255 g/mol. The van der Waals surface area contributed by atoms with Crippen molar-refractivity contribution in [3.8, 4) is 0 Å². The number of carboxylic acid groups (broad SMARTS) is 1. The van der Waals surface area contributed by atoms with Crippen molar-refractivity contribution in [1.82, 2.24) is 4.57 Å². The Kier molecular flexibility index (Phi) is 3.93. The van der Waals surface area contributed by atoms with E-state index in [0.29, 0.717) is 6.54 Å². The maximum atomic E-state index is 11.0. The van der Waals surface area contributed by atoms with Gasteiger partial charge in [0.15, 0.2) is 5.43 Å². The van der Waals surface area contributed by atoms with Crippen LogP contribution in [0.1, 0.15) is 11.1 Å². The van der Waals surface area contributed by atoms with Crippen LogP contribution >= 0.6 is 0 Å². The molecule has 0 aliphatic rings. The summed E-state index contributed by atoms with van der Waals surface area (Å²) in [5, 5.41) is 8.66. The maximum absolute atomic E-state index is 11.0. The molecule has 0 amide bonds. The maximum Gasteiger partial charge on any atom is 0.328 e. The third-order valence-corrected chi connectivity index (χ3v) is 2.67. The zero-order chi connectivity index (χ0) is 13.7. The quantitative estimate of drug-likeness (QED) is 0.850. The highest BCUT2D eigenvalue weighted by Gasteiger charge is 2.00. The normalized spacial score (nSPS) is 10.7. The summed E-state index contributed by atoms with van der Waals surface area (Å²) in [7, 11) is 0. The lowest BCUT2D eigenvalue weighted by Crippen LogP contribution is -2.05. The minimum Gasteiger partial charge on any atom is -0.478 e. The molecule has 0 saturated carbocycles. The number of hydrogen-bond acceptors (Lipinski definition) is 2. The third-order valence-electron chi connectivity index (χ3n) is 2.67. The predicted octanol–water partition coefficient (Wildman–Crippen LogP) is 1.99. The Morgan fingerprint density at radius 2 is 1.84 bits per heavy atom. The third kappa shape index (κ3) is 3.67. The average Bonchev–Trinajstić information content (AvgIpc) is 2.40. The van der Waals surface area contributed by atoms with Gasteiger partial charge in [0.05, 0.1) is 0 Å². The van der Waals surface area contributed by atoms with Gasteiger partial charge in [-0.15, -0.1) is 0 Å². The molecule has 0 unspecified atom stereocenters. The second-order valence-electron chi connectivity index (χ2n) is 4.08. The van der Waals surface area contributed by atoms with Crippen LogP contribution in [-0.2, 0) is 11.3 Å². The number of carbonyl (C=O) groups is 1. The average molecular weight is 255 g/mol. The van der Waals surface area contributed by atoms with Crippen molar-refractivity contribution in [3.05, 3.63) is 76.2 Å². The number of hydrogen-bond donors (Lipinski definition) is 1. The predicted molar refractivity (Wildman–Crippen MR) is 72.9 cm³/mol. The van der Waals surface area contributed by atoms with Gasteiger partial charge < -0.3 is 9.67 Å². The Bertz CT molecular complexity index is 651. The number of aromatic nitrogens is 1. The van der Waals surface area contributed by atoms with Crippen molar-refractivity contribution in [3.63, 3.8) is 0 Å². The van der Waals surface area contributed by atoms with E-state index in [4.69, 9.17) is 5.11 Å². The molecule has 0 bridgehead atoms. The second kappa shape index (κ2) is 5.82. The molecule has 19 heavy (non-hydrogen) atoms. The summed E-state index contributed by atoms with van der Waals surface area (Å²) in [4.78, 5) is 21.6. The number of benzene rings is 1. The molecule has 4 heteroatoms. The minimum absolute atomic E-state index is 0.0321. The first-order chi connectivity index (χ1) is 9.15. The molecule has 0 aliphatic heterocycles. The van der Waals surface area contributed by atoms with E-state index in [9.17, 15) is 9.59 Å². The largest absolute Gasteiger partial charge is 0.478 e. The first kappa shape index (κ1) is 12.8. The first-order valence-electron chi connectivity index (χ1n) is 5.80. The van der Waals surface area contributed by atoms with Gasteiger partial charge in [-0.05, 0) is 17.2 Å². The summed E-state index contributed by atoms with van der Waals surface area (Å²) in [6.07, 6.45) is 6.10. The van der Waals surface area contributed by atoms with Crippen LogP contribution in [0.2, 0.25) is 0 Å². The van der Waals surface area contributed by atoms with E-state index in [1.807, 2.05) is 28.8 Å². The molecule has 1 heterocycles. The Morgan fingerprint density at radius 1 is 1.16 bits per heavy atom. The molecule has 2 aromatic rings. The van der Waals surface area contributed by atoms with E-state index in [1.165, 1.54) is 12.1 Å². The van der Waals surface area contributed by atoms with Crippen LogP contribution in [-0.4, -0.2) is 15.6 Å². The fraction of sp³-hybridized carbons (Fsp3) is 0.0667. The standard InChI is InChI=1S/C15H13NO3/c17-14-7-9-16(10-8-14)11-13-4-2-1-3-12(13)5-6-15(18)19/h1-10H,11H2,(H,18,19). The molecule has 0 fully saturated rings. The van der Waals surface area contributed by atoms with Crippen LogP contribution in [0, 0.1) is 0 Å². The number of pyridine rings is 1. The van der Waals surface area contributed by atoms with Gasteiger partial charge in [0.1, 0.15) is 0 Å². The number of rotatable bonds is 4. The Balaban J connectivity index is 2.27. The molecular weight excluding hydrogens is 242 g/mol. The lowest BCUT2D eigenvalue weighted by Gasteiger charge is -2.08. The van der Waals surface area contributed by atoms with Gasteiger partial charge >= 0.3 is 5.97 Å². The van der Waals surface area contributed by atoms with Crippen molar-refractivity contribution in [1.29, 1.82) is 0 Å². The highest BCUT2D eigenvalue weighted by atomic mass is 16.4. The summed E-state index contributed by atoms with van der Waals surface area (Å²) < 4.78 is 1.87. The van der Waals surface area contributed by atoms with Crippen LogP contribution in [0.3, 0.4) is 0 Å². The van der Waals surface area contributed by atoms with Crippen molar-refractivity contribution in [2.24, 2.45) is 0 Å². The van der Waals surface area contributed by atoms with Crippen LogP contribution in [0.4, 0.5) is 0 Å². The summed E-state index contributed by atoms with van der Waals surface area (Å²) in [5.74, 6) is -0.974. The van der Waals surface area contributed by atoms with Gasteiger partial charge in [-0.1, -0.05) is 24.3 Å². The molecular formula is C15H13NO3. The lowest BCUT2D eigenvalue weighted by molar-refractivity contribution is -0.131. The van der Waals surface area contributed by atoms with Crippen molar-refractivity contribution < 1.29 is 9.90 Å². The summed E-state index contributed by atoms with van der Waals surface area (Å²) >= 11 is 0. The molecule has 4 nitrogen and oxygen atoms in total. The Morgan fingerprint density at radius 3 is 2.53 bits per heavy atom. The fourth-order valence-electron chi connectivity index (χ4n) is 1.75. The van der Waals surface area contributed by atoms with E-state index in [1.54, 1.807) is 18.5 Å². The molecule has 1 aromatic heterocycles. The topological polar surface area (TPSA) is 59.3 Å². The molecule has 1 aromatic carbocycles. The van der Waals surface area contributed by atoms with Crippen LogP contribution in [0.5, 0.6) is 0 Å². The minimum atomic E-state index is -0.974. The van der Waals surface area contributed by atoms with Crippen LogP contribution in [0.15, 0.2) is 59.7 Å². The van der Waals surface area contributed by atoms with Crippen LogP contribution < -0.4 is 5.43 Å². The van der Waals surface area contributed by atoms with Crippen molar-refractivity contribution in [2.75, 3.05) is 0 Å². The smallest absolute Gasteiger partial charge is 0.328 e. The zero-order valence-electron chi connectivity index (χ0n) is 10.2. The zero-order valence-corrected chi connectivity index (χ0v) is 10.2. The van der Waals surface area contributed by atoms with Crippen molar-refractivity contribution >= 4 is 12.0 Å². The van der Waals surface area contributed by atoms with E-state index in [-0.39, 0.29) is 5.43 Å². The van der Waals surface area contributed by atoms with Gasteiger partial charge in [0.25, 0.3) is 0 Å². The highest BCUT2D eigenvalue weighted by Crippen LogP contribution is 2.12. The molecule has 0 aliphatic carbocycles. The second-order valence-corrected chi connectivity index (χ2v) is 4.08. The molecule has 0 radical (unpaired) electrons. The first-order valence-corrected chi connectivity index (χ1v) is 5.80. The van der Waals surface area contributed by atoms with Crippen molar-refractivity contribution in [2.45, 2.75) is 6.54 Å². The molecule has 0 atom stereocenters. The van der Waals surface area contributed by atoms with Gasteiger partial charge in [-0.25, -0.2) is 4.79 Å².